The molecule has 1 amide bonds. The van der Waals surface area contributed by atoms with Gasteiger partial charge in [-0.15, -0.1) is 0 Å². The molecule has 0 aliphatic carbocycles. The van der Waals surface area contributed by atoms with E-state index >= 15 is 0 Å². The fourth-order valence-electron chi connectivity index (χ4n) is 2.54. The van der Waals surface area contributed by atoms with Gasteiger partial charge in [-0.05, 0) is 20.3 Å². The van der Waals surface area contributed by atoms with Crippen LogP contribution in [-0.2, 0) is 0 Å². The second-order valence-corrected chi connectivity index (χ2v) is 4.90. The minimum atomic E-state index is -0.301. The number of carbonyl (C=O) groups excluding carboxylic acids is 1. The molecule has 2 atom stereocenters. The molecule has 2 saturated heterocycles. The monoisotopic (exact) mass is 248 g/mol. The Hall–Kier alpha value is -1.69. The molecule has 0 radical (unpaired) electrons. The number of aromatic nitrogens is 2. The maximum Gasteiger partial charge on any atom is 0.416 e. The van der Waals surface area contributed by atoms with E-state index in [1.54, 1.807) is 4.90 Å². The van der Waals surface area contributed by atoms with E-state index in [0.29, 0.717) is 11.9 Å². The largest absolute Gasteiger partial charge is 0.416 e. The Balaban J connectivity index is 1.73. The molecule has 2 fully saturated rings. The lowest BCUT2D eigenvalue weighted by atomic mass is 10.2. The highest BCUT2D eigenvalue weighted by molar-refractivity contribution is 5.71. The van der Waals surface area contributed by atoms with E-state index in [9.17, 15) is 4.79 Å². The van der Waals surface area contributed by atoms with Crippen molar-refractivity contribution < 1.29 is 9.53 Å². The van der Waals surface area contributed by atoms with Crippen LogP contribution in [0.15, 0.2) is 6.33 Å². The van der Waals surface area contributed by atoms with Crippen LogP contribution >= 0.6 is 0 Å². The van der Waals surface area contributed by atoms with Gasteiger partial charge in [0.1, 0.15) is 6.33 Å². The van der Waals surface area contributed by atoms with Crippen LogP contribution in [0.1, 0.15) is 17.7 Å². The Morgan fingerprint density at radius 1 is 1.50 bits per heavy atom. The molecule has 0 aromatic carbocycles. The zero-order chi connectivity index (χ0) is 12.7. The Morgan fingerprint density at radius 3 is 3.00 bits per heavy atom. The summed E-state index contributed by atoms with van der Waals surface area (Å²) >= 11 is 0. The number of likely N-dealkylation sites (tertiary alicyclic amines) is 1. The number of carbonyl (C=O) groups is 1. The lowest BCUT2D eigenvalue weighted by Crippen LogP contribution is -2.47. The average Bonchev–Trinajstić information content (AvgIpc) is 2.97. The first-order valence-electron chi connectivity index (χ1n) is 6.15. The van der Waals surface area contributed by atoms with Gasteiger partial charge in [-0.3, -0.25) is 0 Å². The third kappa shape index (κ3) is 1.82. The molecule has 2 aliphatic rings. The van der Waals surface area contributed by atoms with Crippen LogP contribution < -0.4 is 10.1 Å². The molecular weight excluding hydrogens is 232 g/mol. The van der Waals surface area contributed by atoms with E-state index in [1.807, 2.05) is 13.8 Å². The fraction of sp³-hybridized carbons (Fsp3) is 0.583. The predicted molar refractivity (Wildman–Crippen MR) is 64.4 cm³/mol. The van der Waals surface area contributed by atoms with Crippen molar-refractivity contribution in [2.45, 2.75) is 32.4 Å². The summed E-state index contributed by atoms with van der Waals surface area (Å²) in [7, 11) is 0. The van der Waals surface area contributed by atoms with Gasteiger partial charge in [0.25, 0.3) is 0 Å². The number of nitrogens with one attached hydrogen (secondary N) is 1. The minimum Gasteiger partial charge on any atom is -0.391 e. The van der Waals surface area contributed by atoms with Crippen molar-refractivity contribution in [2.24, 2.45) is 0 Å². The van der Waals surface area contributed by atoms with Gasteiger partial charge in [0.15, 0.2) is 0 Å². The quantitative estimate of drug-likeness (QED) is 0.790. The van der Waals surface area contributed by atoms with Gasteiger partial charge >= 0.3 is 6.09 Å². The van der Waals surface area contributed by atoms with Crippen LogP contribution in [-0.4, -0.2) is 46.1 Å². The molecule has 96 valence electrons. The first-order chi connectivity index (χ1) is 8.65. The van der Waals surface area contributed by atoms with Crippen molar-refractivity contribution in [1.29, 1.82) is 0 Å². The van der Waals surface area contributed by atoms with Crippen molar-refractivity contribution in [3.63, 3.8) is 0 Å². The highest BCUT2D eigenvalue weighted by Gasteiger charge is 2.41. The summed E-state index contributed by atoms with van der Waals surface area (Å²) < 4.78 is 5.37. The summed E-state index contributed by atoms with van der Waals surface area (Å²) in [6.45, 7) is 5.32. The summed E-state index contributed by atoms with van der Waals surface area (Å²) in [5.74, 6) is 0.364. The molecule has 2 aliphatic heterocycles. The molecule has 0 saturated carbocycles. The first-order valence-corrected chi connectivity index (χ1v) is 6.15. The van der Waals surface area contributed by atoms with E-state index in [1.165, 1.54) is 6.33 Å². The van der Waals surface area contributed by atoms with E-state index < -0.39 is 0 Å². The van der Waals surface area contributed by atoms with Gasteiger partial charge in [0.2, 0.25) is 5.88 Å². The molecule has 0 spiro atoms. The Bertz CT molecular complexity index is 491. The van der Waals surface area contributed by atoms with Gasteiger partial charge < -0.3 is 15.0 Å². The number of aryl methyl sites for hydroxylation is 1. The van der Waals surface area contributed by atoms with Crippen molar-refractivity contribution >= 4 is 6.09 Å². The molecule has 1 aromatic heterocycles. The third-order valence-corrected chi connectivity index (χ3v) is 3.76. The number of nitrogens with zero attached hydrogens (tertiary/aromatic N) is 3. The first kappa shape index (κ1) is 11.4. The molecule has 3 heterocycles. The van der Waals surface area contributed by atoms with Gasteiger partial charge in [0, 0.05) is 36.4 Å². The van der Waals surface area contributed by atoms with Crippen LogP contribution in [0.2, 0.25) is 0 Å². The Morgan fingerprint density at radius 2 is 2.33 bits per heavy atom. The lowest BCUT2D eigenvalue weighted by Gasteiger charge is -2.26. The maximum absolute atomic E-state index is 12.1. The van der Waals surface area contributed by atoms with Gasteiger partial charge in [0.05, 0.1) is 0 Å². The van der Waals surface area contributed by atoms with Crippen LogP contribution in [0, 0.1) is 13.8 Å². The zero-order valence-electron chi connectivity index (χ0n) is 10.5. The highest BCUT2D eigenvalue weighted by Crippen LogP contribution is 2.25. The zero-order valence-corrected chi connectivity index (χ0v) is 10.5. The number of ether oxygens (including phenoxy) is 1. The summed E-state index contributed by atoms with van der Waals surface area (Å²) in [6.07, 6.45) is 2.14. The number of hydrogen-bond acceptors (Lipinski definition) is 5. The van der Waals surface area contributed by atoms with E-state index in [-0.39, 0.29) is 12.1 Å². The second-order valence-electron chi connectivity index (χ2n) is 4.90. The molecular formula is C12H16N4O2. The molecule has 1 aromatic rings. The van der Waals surface area contributed by atoms with Gasteiger partial charge in [-0.1, -0.05) is 0 Å². The smallest absolute Gasteiger partial charge is 0.391 e. The average molecular weight is 248 g/mol. The number of fused-ring (bicyclic) bond motifs is 2. The minimum absolute atomic E-state index is 0.269. The Labute approximate surface area is 105 Å². The molecule has 3 rings (SSSR count). The lowest BCUT2D eigenvalue weighted by molar-refractivity contribution is 0.139. The maximum atomic E-state index is 12.1. The molecule has 6 heteroatoms. The van der Waals surface area contributed by atoms with Gasteiger partial charge in [-0.2, -0.15) is 0 Å². The summed E-state index contributed by atoms with van der Waals surface area (Å²) in [5.41, 5.74) is 1.64. The standard InChI is InChI=1S/C12H16N4O2/c1-7-8(2)14-6-15-11(7)18-12(17)16-5-9-3-10(16)4-13-9/h6,9-10,13H,3-5H2,1-2H3. The second kappa shape index (κ2) is 4.20. The van der Waals surface area contributed by atoms with Gasteiger partial charge in [-0.25, -0.2) is 14.8 Å². The topological polar surface area (TPSA) is 67.4 Å². The summed E-state index contributed by atoms with van der Waals surface area (Å²) in [6, 6.07) is 0.696. The third-order valence-electron chi connectivity index (χ3n) is 3.76. The van der Waals surface area contributed by atoms with Crippen molar-refractivity contribution in [1.82, 2.24) is 20.2 Å². The number of rotatable bonds is 1. The normalized spacial score (nSPS) is 25.6. The van der Waals surface area contributed by atoms with E-state index in [4.69, 9.17) is 4.74 Å². The number of hydrogen-bond donors (Lipinski definition) is 1. The van der Waals surface area contributed by atoms with Crippen molar-refractivity contribution in [3.8, 4) is 5.88 Å². The van der Waals surface area contributed by atoms with E-state index in [2.05, 4.69) is 15.3 Å². The van der Waals surface area contributed by atoms with Crippen LogP contribution in [0.5, 0.6) is 5.88 Å². The fourth-order valence-corrected chi connectivity index (χ4v) is 2.54. The molecule has 2 bridgehead atoms. The SMILES string of the molecule is Cc1ncnc(OC(=O)N2CC3CC2CN3)c1C. The van der Waals surface area contributed by atoms with Crippen LogP contribution in [0.3, 0.4) is 0 Å². The summed E-state index contributed by atoms with van der Waals surface area (Å²) in [4.78, 5) is 21.9. The summed E-state index contributed by atoms with van der Waals surface area (Å²) in [5, 5.41) is 3.35. The number of piperazine rings is 1. The van der Waals surface area contributed by atoms with Crippen molar-refractivity contribution in [2.75, 3.05) is 13.1 Å². The molecule has 6 nitrogen and oxygen atoms in total. The molecule has 1 N–H and O–H groups in total. The Kier molecular flexibility index (Phi) is 2.66. The highest BCUT2D eigenvalue weighted by atomic mass is 16.6. The molecule has 2 unspecified atom stereocenters. The number of amides is 1. The van der Waals surface area contributed by atoms with Crippen molar-refractivity contribution in [3.05, 3.63) is 17.6 Å². The van der Waals surface area contributed by atoms with E-state index in [0.717, 1.165) is 30.8 Å². The molecule has 18 heavy (non-hydrogen) atoms. The predicted octanol–water partition coefficient (Wildman–Crippen LogP) is 0.638. The van der Waals surface area contributed by atoms with Crippen LogP contribution in [0.25, 0.3) is 0 Å². The van der Waals surface area contributed by atoms with Crippen LogP contribution in [0.4, 0.5) is 4.79 Å².